The van der Waals surface area contributed by atoms with Gasteiger partial charge in [-0.2, -0.15) is 5.10 Å². The molecule has 0 unspecified atom stereocenters. The van der Waals surface area contributed by atoms with Gasteiger partial charge >= 0.3 is 0 Å². The number of piperidine rings is 1. The van der Waals surface area contributed by atoms with Crippen LogP contribution in [0.4, 0.5) is 0 Å². The number of hydrogen-bond acceptors (Lipinski definition) is 2. The van der Waals surface area contributed by atoms with E-state index in [-0.39, 0.29) is 0 Å². The second-order valence-electron chi connectivity index (χ2n) is 6.76. The smallest absolute Gasteiger partial charge is 0.120 e. The van der Waals surface area contributed by atoms with Crippen molar-refractivity contribution in [3.8, 4) is 0 Å². The van der Waals surface area contributed by atoms with E-state index in [2.05, 4.69) is 71.1 Å². The highest BCUT2D eigenvalue weighted by Gasteiger charge is 2.48. The van der Waals surface area contributed by atoms with Gasteiger partial charge in [-0.3, -0.25) is 0 Å². The van der Waals surface area contributed by atoms with Crippen molar-refractivity contribution in [2.24, 2.45) is 22.8 Å². The highest BCUT2D eigenvalue weighted by atomic mass is 15.1. The Kier molecular flexibility index (Phi) is 3.88. The lowest BCUT2D eigenvalue weighted by Gasteiger charge is -2.44. The lowest BCUT2D eigenvalue weighted by Crippen LogP contribution is -2.92. The number of rotatable bonds is 2. The molecule has 3 nitrogen and oxygen atoms in total. The van der Waals surface area contributed by atoms with Gasteiger partial charge < -0.3 is 11.2 Å². The van der Waals surface area contributed by atoms with Gasteiger partial charge in [0.05, 0.1) is 17.5 Å². The van der Waals surface area contributed by atoms with Crippen molar-refractivity contribution in [1.82, 2.24) is 0 Å². The van der Waals surface area contributed by atoms with E-state index in [9.17, 15) is 0 Å². The van der Waals surface area contributed by atoms with Crippen LogP contribution in [0.2, 0.25) is 0 Å². The summed E-state index contributed by atoms with van der Waals surface area (Å²) in [5, 5.41) is 6.84. The van der Waals surface area contributed by atoms with E-state index in [0.717, 1.165) is 0 Å². The molecule has 1 saturated carbocycles. The first-order valence-corrected chi connectivity index (χ1v) is 8.61. The largest absolute Gasteiger partial charge is 0.333 e. The van der Waals surface area contributed by atoms with E-state index in [4.69, 9.17) is 5.84 Å². The van der Waals surface area contributed by atoms with Crippen LogP contribution in [0.3, 0.4) is 0 Å². The summed E-state index contributed by atoms with van der Waals surface area (Å²) in [5.41, 5.74) is 4.02. The Balaban J connectivity index is 1.76. The van der Waals surface area contributed by atoms with Crippen molar-refractivity contribution >= 4 is 5.71 Å². The SMILES string of the molecule is NN=C1[C@@H]2CCC[C@@H]1[C@H](c1ccccc1)[NH2+][C@@H]2c1ccccc1. The lowest BCUT2D eigenvalue weighted by atomic mass is 9.67. The molecule has 2 aromatic carbocycles. The van der Waals surface area contributed by atoms with Crippen LogP contribution in [0.1, 0.15) is 42.5 Å². The van der Waals surface area contributed by atoms with Crippen molar-refractivity contribution in [1.29, 1.82) is 0 Å². The van der Waals surface area contributed by atoms with E-state index in [0.29, 0.717) is 23.9 Å². The Morgan fingerprint density at radius 2 is 1.26 bits per heavy atom. The molecule has 2 aliphatic rings. The standard InChI is InChI=1S/C20H23N3/c21-23-20-16-12-7-13-17(20)19(15-10-5-2-6-11-15)22-18(16)14-8-3-1-4-9-14/h1-6,8-11,16-19,22H,7,12-13,21H2/p+1/t16-,17-,18-,19+/m1/s1. The van der Waals surface area contributed by atoms with Crippen molar-refractivity contribution in [2.45, 2.75) is 31.3 Å². The van der Waals surface area contributed by atoms with Crippen molar-refractivity contribution in [2.75, 3.05) is 0 Å². The Hall–Kier alpha value is -2.13. The van der Waals surface area contributed by atoms with Crippen LogP contribution in [0.15, 0.2) is 65.8 Å². The summed E-state index contributed by atoms with van der Waals surface area (Å²) in [6.45, 7) is 0. The Labute approximate surface area is 137 Å². The normalized spacial score (nSPS) is 31.9. The first-order chi connectivity index (χ1) is 11.4. The maximum Gasteiger partial charge on any atom is 0.120 e. The molecule has 2 aromatic rings. The summed E-state index contributed by atoms with van der Waals surface area (Å²) >= 11 is 0. The molecule has 2 bridgehead atoms. The number of fused-ring (bicyclic) bond motifs is 2. The number of quaternary nitrogens is 1. The van der Waals surface area contributed by atoms with Crippen LogP contribution in [-0.4, -0.2) is 5.71 Å². The first-order valence-electron chi connectivity index (χ1n) is 8.61. The fourth-order valence-corrected chi connectivity index (χ4v) is 4.58. The van der Waals surface area contributed by atoms with Gasteiger partial charge in [-0.05, 0) is 12.8 Å². The van der Waals surface area contributed by atoms with E-state index in [1.807, 2.05) is 0 Å². The van der Waals surface area contributed by atoms with Gasteiger partial charge in [0.25, 0.3) is 0 Å². The molecule has 118 valence electrons. The molecule has 1 saturated heterocycles. The van der Waals surface area contributed by atoms with Gasteiger partial charge in [-0.1, -0.05) is 67.1 Å². The molecule has 4 rings (SSSR count). The number of nitrogens with zero attached hydrogens (tertiary/aromatic N) is 1. The van der Waals surface area contributed by atoms with Gasteiger partial charge in [0.15, 0.2) is 0 Å². The van der Waals surface area contributed by atoms with Gasteiger partial charge in [0, 0.05) is 11.1 Å². The topological polar surface area (TPSA) is 55.0 Å². The lowest BCUT2D eigenvalue weighted by molar-refractivity contribution is -0.749. The fraction of sp³-hybridized carbons (Fsp3) is 0.350. The number of benzene rings is 2. The second-order valence-corrected chi connectivity index (χ2v) is 6.76. The van der Waals surface area contributed by atoms with Crippen molar-refractivity contribution in [3.05, 3.63) is 71.8 Å². The monoisotopic (exact) mass is 306 g/mol. The van der Waals surface area contributed by atoms with Crippen LogP contribution in [0.5, 0.6) is 0 Å². The highest BCUT2D eigenvalue weighted by molar-refractivity contribution is 5.91. The molecule has 0 aromatic heterocycles. The van der Waals surface area contributed by atoms with Gasteiger partial charge in [-0.25, -0.2) is 0 Å². The van der Waals surface area contributed by atoms with E-state index in [1.54, 1.807) is 0 Å². The molecule has 2 fully saturated rings. The zero-order valence-electron chi connectivity index (χ0n) is 13.3. The van der Waals surface area contributed by atoms with E-state index >= 15 is 0 Å². The van der Waals surface area contributed by atoms with Gasteiger partial charge in [0.2, 0.25) is 0 Å². The van der Waals surface area contributed by atoms with Gasteiger partial charge in [0.1, 0.15) is 12.1 Å². The maximum atomic E-state index is 5.85. The minimum absolute atomic E-state index is 0.417. The van der Waals surface area contributed by atoms with Crippen molar-refractivity contribution < 1.29 is 5.32 Å². The average Bonchev–Trinajstić information content (AvgIpc) is 2.63. The first kappa shape index (κ1) is 14.5. The zero-order valence-corrected chi connectivity index (χ0v) is 13.3. The molecule has 23 heavy (non-hydrogen) atoms. The summed E-state index contributed by atoms with van der Waals surface area (Å²) < 4.78 is 0. The Morgan fingerprint density at radius 1 is 0.783 bits per heavy atom. The minimum atomic E-state index is 0.417. The summed E-state index contributed by atoms with van der Waals surface area (Å²) in [5.74, 6) is 6.79. The molecule has 4 atom stereocenters. The summed E-state index contributed by atoms with van der Waals surface area (Å²) in [7, 11) is 0. The molecule has 0 radical (unpaired) electrons. The molecule has 3 heteroatoms. The zero-order chi connectivity index (χ0) is 15.6. The Bertz CT molecular complexity index is 625. The third-order valence-electron chi connectivity index (χ3n) is 5.59. The number of nitrogens with two attached hydrogens (primary N) is 2. The third-order valence-corrected chi connectivity index (χ3v) is 5.59. The molecule has 0 amide bonds. The number of hydrazone groups is 1. The molecular weight excluding hydrogens is 282 g/mol. The highest BCUT2D eigenvalue weighted by Crippen LogP contribution is 2.42. The van der Waals surface area contributed by atoms with Crippen LogP contribution in [0, 0.1) is 11.8 Å². The second kappa shape index (κ2) is 6.17. The van der Waals surface area contributed by atoms with Crippen molar-refractivity contribution in [3.63, 3.8) is 0 Å². The Morgan fingerprint density at radius 3 is 1.70 bits per heavy atom. The molecule has 4 N–H and O–H groups in total. The van der Waals surface area contributed by atoms with Crippen LogP contribution in [-0.2, 0) is 0 Å². The summed E-state index contributed by atoms with van der Waals surface area (Å²) in [6, 6.07) is 22.5. The van der Waals surface area contributed by atoms with Crippen LogP contribution >= 0.6 is 0 Å². The van der Waals surface area contributed by atoms with E-state index in [1.165, 1.54) is 36.1 Å². The fourth-order valence-electron chi connectivity index (χ4n) is 4.58. The molecule has 1 heterocycles. The third kappa shape index (κ3) is 2.55. The van der Waals surface area contributed by atoms with Crippen LogP contribution < -0.4 is 11.2 Å². The maximum absolute atomic E-state index is 5.85. The summed E-state index contributed by atoms with van der Waals surface area (Å²) in [4.78, 5) is 0. The average molecular weight is 306 g/mol. The van der Waals surface area contributed by atoms with Gasteiger partial charge in [-0.15, -0.1) is 0 Å². The van der Waals surface area contributed by atoms with E-state index < -0.39 is 0 Å². The summed E-state index contributed by atoms with van der Waals surface area (Å²) in [6.07, 6.45) is 3.67. The van der Waals surface area contributed by atoms with Crippen LogP contribution in [0.25, 0.3) is 0 Å². The molecule has 0 spiro atoms. The predicted molar refractivity (Wildman–Crippen MR) is 92.7 cm³/mol. The molecule has 1 aliphatic heterocycles. The molecular formula is C20H24N3+. The predicted octanol–water partition coefficient (Wildman–Crippen LogP) is 2.78. The minimum Gasteiger partial charge on any atom is -0.333 e. The quantitative estimate of drug-likeness (QED) is 0.650. The molecule has 1 aliphatic carbocycles. The number of hydrogen-bond donors (Lipinski definition) is 2.